The molecule has 8 heteroatoms. The zero-order valence-corrected chi connectivity index (χ0v) is 25.3. The maximum absolute atomic E-state index is 13.4. The van der Waals surface area contributed by atoms with Gasteiger partial charge in [0.05, 0.1) is 24.1 Å². The monoisotopic (exact) mass is 578 g/mol. The van der Waals surface area contributed by atoms with Crippen molar-refractivity contribution < 1.29 is 28.6 Å². The SMILES string of the molecule is COC(=O)c1ccc(/C(=C2/N=C(C(=O)OC(C)(C)C)c3ccccc32)c2[nH]c(C(=O)OC(C)(C)C)c3ccccc23)cc1. The molecule has 0 fully saturated rings. The van der Waals surface area contributed by atoms with Gasteiger partial charge in [0.25, 0.3) is 0 Å². The standard InChI is InChI=1S/C35H34N2O6/c1-34(2,3)42-32(39)29-24-14-10-8-12-22(24)27(36-29)26(20-16-18-21(19-17-20)31(38)41-7)28-23-13-9-11-15-25(23)30(37-28)33(40)43-35(4,5)6/h8-19,36H,1-7H3/b28-26-. The second kappa shape index (κ2) is 11.0. The number of rotatable bonds is 5. The fraction of sp³-hybridized carbons (Fsp3) is 0.257. The molecule has 1 aliphatic rings. The molecule has 8 nitrogen and oxygen atoms in total. The molecule has 0 atom stereocenters. The molecular formula is C35H34N2O6. The Morgan fingerprint density at radius 2 is 1.14 bits per heavy atom. The summed E-state index contributed by atoms with van der Waals surface area (Å²) in [5.74, 6) is -1.50. The summed E-state index contributed by atoms with van der Waals surface area (Å²) in [4.78, 5) is 47.2. The molecule has 0 saturated heterocycles. The number of H-pyrrole nitrogens is 1. The first kappa shape index (κ1) is 29.5. The van der Waals surface area contributed by atoms with Gasteiger partial charge in [-0.25, -0.2) is 19.4 Å². The van der Waals surface area contributed by atoms with E-state index in [1.165, 1.54) is 7.11 Å². The molecule has 0 aliphatic carbocycles. The first-order valence-corrected chi connectivity index (χ1v) is 14.0. The van der Waals surface area contributed by atoms with Crippen LogP contribution in [0.2, 0.25) is 0 Å². The van der Waals surface area contributed by atoms with E-state index in [0.29, 0.717) is 44.7 Å². The first-order valence-electron chi connectivity index (χ1n) is 14.0. The van der Waals surface area contributed by atoms with E-state index in [-0.39, 0.29) is 5.71 Å². The Labute approximate surface area is 250 Å². The van der Waals surface area contributed by atoms with Crippen LogP contribution in [0.3, 0.4) is 0 Å². The molecular weight excluding hydrogens is 544 g/mol. The number of fused-ring (bicyclic) bond motifs is 2. The Morgan fingerprint density at radius 1 is 0.628 bits per heavy atom. The van der Waals surface area contributed by atoms with E-state index < -0.39 is 29.1 Å². The van der Waals surface area contributed by atoms with Gasteiger partial charge in [0, 0.05) is 27.5 Å². The first-order chi connectivity index (χ1) is 20.3. The predicted octanol–water partition coefficient (Wildman–Crippen LogP) is 6.97. The third-order valence-electron chi connectivity index (χ3n) is 6.65. The third kappa shape index (κ3) is 6.00. The summed E-state index contributed by atoms with van der Waals surface area (Å²) in [6.45, 7) is 10.9. The predicted molar refractivity (Wildman–Crippen MR) is 166 cm³/mol. The Morgan fingerprint density at radius 3 is 1.72 bits per heavy atom. The number of carbonyl (C=O) groups excluding carboxylic acids is 3. The second-order valence-electron chi connectivity index (χ2n) is 12.2. The van der Waals surface area contributed by atoms with Gasteiger partial charge >= 0.3 is 17.9 Å². The average molecular weight is 579 g/mol. The van der Waals surface area contributed by atoms with Crippen LogP contribution in [0.15, 0.2) is 77.8 Å². The highest BCUT2D eigenvalue weighted by atomic mass is 16.6. The number of hydrogen-bond donors (Lipinski definition) is 1. The van der Waals surface area contributed by atoms with E-state index in [2.05, 4.69) is 4.98 Å². The summed E-state index contributed by atoms with van der Waals surface area (Å²) < 4.78 is 16.3. The zero-order valence-electron chi connectivity index (χ0n) is 25.3. The van der Waals surface area contributed by atoms with Gasteiger partial charge in [-0.3, -0.25) is 0 Å². The van der Waals surface area contributed by atoms with Gasteiger partial charge in [-0.05, 0) is 59.2 Å². The van der Waals surface area contributed by atoms with Crippen molar-refractivity contribution in [3.63, 3.8) is 0 Å². The molecule has 0 radical (unpaired) electrons. The normalized spacial score (nSPS) is 14.2. The van der Waals surface area contributed by atoms with Crippen molar-refractivity contribution >= 4 is 45.7 Å². The van der Waals surface area contributed by atoms with E-state index in [9.17, 15) is 14.4 Å². The molecule has 220 valence electrons. The molecule has 0 unspecified atom stereocenters. The Balaban J connectivity index is 1.82. The Bertz CT molecular complexity index is 1810. The van der Waals surface area contributed by atoms with Crippen molar-refractivity contribution in [3.05, 3.63) is 106 Å². The second-order valence-corrected chi connectivity index (χ2v) is 12.2. The van der Waals surface area contributed by atoms with Crippen LogP contribution in [0, 0.1) is 0 Å². The number of carbonyl (C=O) groups is 3. The maximum atomic E-state index is 13.4. The molecule has 3 aromatic carbocycles. The van der Waals surface area contributed by atoms with E-state index in [1.807, 2.05) is 69.3 Å². The number of esters is 3. The Kier molecular flexibility index (Phi) is 7.56. The summed E-state index contributed by atoms with van der Waals surface area (Å²) in [5, 5.41) is 1.44. The molecule has 0 amide bonds. The van der Waals surface area contributed by atoms with Crippen molar-refractivity contribution in [2.24, 2.45) is 4.99 Å². The number of aliphatic imine (C=N–C) groups is 1. The largest absolute Gasteiger partial charge is 0.465 e. The van der Waals surface area contributed by atoms with E-state index in [4.69, 9.17) is 19.2 Å². The van der Waals surface area contributed by atoms with Gasteiger partial charge in [-0.1, -0.05) is 60.7 Å². The van der Waals surface area contributed by atoms with Gasteiger partial charge in [0.1, 0.15) is 16.9 Å². The number of hydrogen-bond acceptors (Lipinski definition) is 7. The summed E-state index contributed by atoms with van der Waals surface area (Å²) in [5.41, 5.74) is 3.28. The van der Waals surface area contributed by atoms with Gasteiger partial charge in [0.2, 0.25) is 0 Å². The lowest BCUT2D eigenvalue weighted by Gasteiger charge is -2.19. The van der Waals surface area contributed by atoms with Crippen molar-refractivity contribution in [1.82, 2.24) is 4.98 Å². The minimum absolute atomic E-state index is 0.187. The molecule has 0 saturated carbocycles. The number of nitrogens with zero attached hydrogens (tertiary/aromatic N) is 1. The fourth-order valence-corrected chi connectivity index (χ4v) is 4.96. The highest BCUT2D eigenvalue weighted by molar-refractivity contribution is 6.47. The van der Waals surface area contributed by atoms with Crippen LogP contribution in [-0.2, 0) is 19.0 Å². The van der Waals surface area contributed by atoms with Gasteiger partial charge in [-0.15, -0.1) is 0 Å². The number of benzene rings is 3. The molecule has 4 aromatic rings. The lowest BCUT2D eigenvalue weighted by atomic mass is 9.93. The van der Waals surface area contributed by atoms with E-state index in [0.717, 1.165) is 10.9 Å². The fourth-order valence-electron chi connectivity index (χ4n) is 4.96. The highest BCUT2D eigenvalue weighted by Gasteiger charge is 2.33. The third-order valence-corrected chi connectivity index (χ3v) is 6.65. The molecule has 2 heterocycles. The quantitative estimate of drug-likeness (QED) is 0.202. The zero-order chi connectivity index (χ0) is 31.1. The van der Waals surface area contributed by atoms with Crippen molar-refractivity contribution in [1.29, 1.82) is 0 Å². The van der Waals surface area contributed by atoms with Crippen molar-refractivity contribution in [2.45, 2.75) is 52.7 Å². The van der Waals surface area contributed by atoms with Crippen LogP contribution < -0.4 is 0 Å². The van der Waals surface area contributed by atoms with Crippen LogP contribution in [-0.4, -0.2) is 46.9 Å². The molecule has 43 heavy (non-hydrogen) atoms. The minimum atomic E-state index is -0.717. The van der Waals surface area contributed by atoms with Crippen LogP contribution in [0.4, 0.5) is 0 Å². The lowest BCUT2D eigenvalue weighted by Crippen LogP contribution is -2.28. The molecule has 0 spiro atoms. The molecule has 5 rings (SSSR count). The van der Waals surface area contributed by atoms with Gasteiger partial charge in [0.15, 0.2) is 5.71 Å². The molecule has 0 bridgehead atoms. The smallest absolute Gasteiger partial charge is 0.358 e. The number of aromatic nitrogens is 1. The topological polar surface area (TPSA) is 107 Å². The van der Waals surface area contributed by atoms with Gasteiger partial charge < -0.3 is 19.2 Å². The molecule has 1 N–H and O–H groups in total. The van der Waals surface area contributed by atoms with Crippen molar-refractivity contribution in [2.75, 3.05) is 7.11 Å². The van der Waals surface area contributed by atoms with E-state index >= 15 is 0 Å². The van der Waals surface area contributed by atoms with E-state index in [1.54, 1.807) is 45.0 Å². The summed E-state index contributed by atoms with van der Waals surface area (Å²) in [6.07, 6.45) is 0. The minimum Gasteiger partial charge on any atom is -0.465 e. The number of nitrogens with one attached hydrogen (secondary N) is 1. The van der Waals surface area contributed by atoms with Crippen LogP contribution in [0.25, 0.3) is 22.0 Å². The Hall–Kier alpha value is -4.98. The highest BCUT2D eigenvalue weighted by Crippen LogP contribution is 2.41. The van der Waals surface area contributed by atoms with Crippen molar-refractivity contribution in [3.8, 4) is 0 Å². The average Bonchev–Trinajstić information content (AvgIpc) is 3.51. The number of ether oxygens (including phenoxy) is 3. The van der Waals surface area contributed by atoms with Crippen LogP contribution in [0.5, 0.6) is 0 Å². The lowest BCUT2D eigenvalue weighted by molar-refractivity contribution is -0.146. The summed E-state index contributed by atoms with van der Waals surface area (Å²) >= 11 is 0. The molecule has 1 aromatic heterocycles. The summed E-state index contributed by atoms with van der Waals surface area (Å²) in [7, 11) is 1.33. The molecule has 1 aliphatic heterocycles. The van der Waals surface area contributed by atoms with Crippen LogP contribution >= 0.6 is 0 Å². The number of aromatic amines is 1. The number of methoxy groups -OCH3 is 1. The van der Waals surface area contributed by atoms with Gasteiger partial charge in [-0.2, -0.15) is 0 Å². The maximum Gasteiger partial charge on any atom is 0.358 e. The van der Waals surface area contributed by atoms with Crippen LogP contribution in [0.1, 0.15) is 84.8 Å². The summed E-state index contributed by atoms with van der Waals surface area (Å²) in [6, 6.07) is 21.9.